The highest BCUT2D eigenvalue weighted by atomic mass is 32.2. The number of nitrogens with zero attached hydrogens (tertiary/aromatic N) is 1. The van der Waals surface area contributed by atoms with Gasteiger partial charge in [0.25, 0.3) is 0 Å². The second-order valence-electron chi connectivity index (χ2n) is 8.31. The molecule has 4 amide bonds. The minimum Gasteiger partial charge on any atom is -0.480 e. The third-order valence-electron chi connectivity index (χ3n) is 5.15. The number of aliphatic imine (C=N–C) groups is 1. The molecule has 16 heteroatoms. The average Bonchev–Trinajstić information content (AvgIpc) is 2.82. The van der Waals surface area contributed by atoms with Crippen molar-refractivity contribution in [3.05, 3.63) is 0 Å². The van der Waals surface area contributed by atoms with E-state index in [1.165, 1.54) is 11.8 Å². The topological polar surface area (TPSA) is 284 Å². The number of amides is 4. The summed E-state index contributed by atoms with van der Waals surface area (Å²) in [5.74, 6) is -4.03. The van der Waals surface area contributed by atoms with E-state index >= 15 is 0 Å². The van der Waals surface area contributed by atoms with Crippen LogP contribution in [-0.4, -0.2) is 89.9 Å². The Morgan fingerprint density at radius 2 is 1.41 bits per heavy atom. The molecular formula is C21H41N9O6S. The molecule has 0 aliphatic heterocycles. The summed E-state index contributed by atoms with van der Waals surface area (Å²) in [7, 11) is 0. The zero-order valence-corrected chi connectivity index (χ0v) is 21.9. The third kappa shape index (κ3) is 15.6. The van der Waals surface area contributed by atoms with Crippen molar-refractivity contribution in [2.45, 2.75) is 69.1 Å². The van der Waals surface area contributed by atoms with Crippen LogP contribution in [-0.2, 0) is 24.0 Å². The van der Waals surface area contributed by atoms with Crippen molar-refractivity contribution in [1.29, 1.82) is 0 Å². The van der Waals surface area contributed by atoms with E-state index in [9.17, 15) is 29.1 Å². The number of carboxylic acid groups (broad SMARTS) is 1. The standard InChI is InChI=1S/C21H41N9O6S/c1-37-10-7-14(28-17(32)12(23)5-2-3-8-22)19(34)29-13(6-4-9-27-21(25)26)18(33)30-15(20(35)36)11-16(24)31/h12-15H,2-11,22-23H2,1H3,(H2,24,31)(H,28,32)(H,29,34)(H,30,33)(H,35,36)(H4,25,26,27). The van der Waals surface area contributed by atoms with Crippen LogP contribution in [0.2, 0.25) is 0 Å². The number of carboxylic acids is 1. The highest BCUT2D eigenvalue weighted by Gasteiger charge is 2.30. The molecule has 15 nitrogen and oxygen atoms in total. The van der Waals surface area contributed by atoms with Crippen LogP contribution >= 0.6 is 11.8 Å². The van der Waals surface area contributed by atoms with E-state index in [4.69, 9.17) is 28.7 Å². The molecule has 212 valence electrons. The SMILES string of the molecule is CSCCC(NC(=O)C(N)CCCCN)C(=O)NC(CCCN=C(N)N)C(=O)NC(CC(N)=O)C(=O)O. The zero-order chi connectivity index (χ0) is 28.4. The first-order valence-electron chi connectivity index (χ1n) is 11.8. The number of carbonyl (C=O) groups is 5. The summed E-state index contributed by atoms with van der Waals surface area (Å²) in [6.45, 7) is 0.623. The maximum Gasteiger partial charge on any atom is 0.326 e. The normalized spacial score (nSPS) is 13.9. The number of rotatable bonds is 20. The number of thioether (sulfide) groups is 1. The zero-order valence-electron chi connectivity index (χ0n) is 21.1. The number of hydrogen-bond acceptors (Lipinski definition) is 9. The highest BCUT2D eigenvalue weighted by Crippen LogP contribution is 2.07. The van der Waals surface area contributed by atoms with Gasteiger partial charge in [-0.2, -0.15) is 11.8 Å². The Hall–Kier alpha value is -3.11. The van der Waals surface area contributed by atoms with Crippen molar-refractivity contribution < 1.29 is 29.1 Å². The van der Waals surface area contributed by atoms with Crippen LogP contribution in [0.4, 0.5) is 0 Å². The number of carbonyl (C=O) groups excluding carboxylic acids is 4. The minimum atomic E-state index is -1.58. The first-order valence-corrected chi connectivity index (χ1v) is 13.2. The van der Waals surface area contributed by atoms with E-state index < -0.39 is 60.2 Å². The number of unbranched alkanes of at least 4 members (excludes halogenated alkanes) is 1. The lowest BCUT2D eigenvalue weighted by Crippen LogP contribution is -2.57. The molecule has 0 aromatic heterocycles. The lowest BCUT2D eigenvalue weighted by Gasteiger charge is -2.25. The van der Waals surface area contributed by atoms with Gasteiger partial charge in [0.15, 0.2) is 5.96 Å². The van der Waals surface area contributed by atoms with E-state index in [0.717, 1.165) is 0 Å². The summed E-state index contributed by atoms with van der Waals surface area (Å²) in [5.41, 5.74) is 27.1. The molecule has 0 aromatic carbocycles. The van der Waals surface area contributed by atoms with Gasteiger partial charge in [-0.3, -0.25) is 24.2 Å². The van der Waals surface area contributed by atoms with Gasteiger partial charge in [0, 0.05) is 6.54 Å². The number of nitrogens with one attached hydrogen (secondary N) is 3. The molecule has 14 N–H and O–H groups in total. The quantitative estimate of drug-likeness (QED) is 0.0412. The van der Waals surface area contributed by atoms with E-state index in [1.54, 1.807) is 0 Å². The van der Waals surface area contributed by atoms with Crippen molar-refractivity contribution in [1.82, 2.24) is 16.0 Å². The van der Waals surface area contributed by atoms with E-state index in [2.05, 4.69) is 20.9 Å². The van der Waals surface area contributed by atoms with Crippen molar-refractivity contribution >= 4 is 47.3 Å². The first kappa shape index (κ1) is 33.9. The van der Waals surface area contributed by atoms with Gasteiger partial charge >= 0.3 is 5.97 Å². The summed E-state index contributed by atoms with van der Waals surface area (Å²) in [6.07, 6.45) is 3.52. The van der Waals surface area contributed by atoms with Crippen LogP contribution < -0.4 is 44.6 Å². The van der Waals surface area contributed by atoms with Gasteiger partial charge in [-0.1, -0.05) is 6.42 Å². The molecule has 4 unspecified atom stereocenters. The fourth-order valence-corrected chi connectivity index (χ4v) is 3.61. The van der Waals surface area contributed by atoms with Crippen LogP contribution in [0.15, 0.2) is 4.99 Å². The Balaban J connectivity index is 5.55. The number of nitrogens with two attached hydrogens (primary N) is 5. The van der Waals surface area contributed by atoms with E-state index in [1.807, 2.05) is 6.26 Å². The molecular weight excluding hydrogens is 506 g/mol. The van der Waals surface area contributed by atoms with E-state index in [0.29, 0.717) is 31.6 Å². The fourth-order valence-electron chi connectivity index (χ4n) is 3.14. The minimum absolute atomic E-state index is 0.0407. The van der Waals surface area contributed by atoms with Gasteiger partial charge in [0.05, 0.1) is 12.5 Å². The fraction of sp³-hybridized carbons (Fsp3) is 0.714. The molecule has 0 bridgehead atoms. The van der Waals surface area contributed by atoms with Gasteiger partial charge in [0.2, 0.25) is 23.6 Å². The molecule has 4 atom stereocenters. The smallest absolute Gasteiger partial charge is 0.326 e. The molecule has 0 aliphatic rings. The number of guanidine groups is 1. The van der Waals surface area contributed by atoms with Crippen LogP contribution in [0, 0.1) is 0 Å². The summed E-state index contributed by atoms with van der Waals surface area (Å²) in [4.78, 5) is 65.0. The second-order valence-corrected chi connectivity index (χ2v) is 9.30. The van der Waals surface area contributed by atoms with Crippen molar-refractivity contribution in [2.24, 2.45) is 33.7 Å². The monoisotopic (exact) mass is 547 g/mol. The summed E-state index contributed by atoms with van der Waals surface area (Å²) >= 11 is 1.46. The molecule has 0 radical (unpaired) electrons. The molecule has 0 fully saturated rings. The van der Waals surface area contributed by atoms with Crippen LogP contribution in [0.1, 0.15) is 44.9 Å². The Morgan fingerprint density at radius 3 is 1.92 bits per heavy atom. The predicted octanol–water partition coefficient (Wildman–Crippen LogP) is -3.34. The summed E-state index contributed by atoms with van der Waals surface area (Å²) in [5, 5.41) is 16.7. The number of primary amides is 1. The predicted molar refractivity (Wildman–Crippen MR) is 141 cm³/mol. The maximum atomic E-state index is 13.1. The van der Waals surface area contributed by atoms with E-state index in [-0.39, 0.29) is 31.8 Å². The average molecular weight is 548 g/mol. The van der Waals surface area contributed by atoms with Gasteiger partial charge in [-0.15, -0.1) is 0 Å². The van der Waals surface area contributed by atoms with Gasteiger partial charge in [-0.25, -0.2) is 4.79 Å². The maximum absolute atomic E-state index is 13.1. The van der Waals surface area contributed by atoms with Gasteiger partial charge < -0.3 is 49.7 Å². The van der Waals surface area contributed by atoms with Crippen molar-refractivity contribution in [3.8, 4) is 0 Å². The van der Waals surface area contributed by atoms with Gasteiger partial charge in [-0.05, 0) is 50.7 Å². The largest absolute Gasteiger partial charge is 0.480 e. The lowest BCUT2D eigenvalue weighted by molar-refractivity contribution is -0.143. The molecule has 0 heterocycles. The molecule has 37 heavy (non-hydrogen) atoms. The third-order valence-corrected chi connectivity index (χ3v) is 5.79. The van der Waals surface area contributed by atoms with Crippen molar-refractivity contribution in [2.75, 3.05) is 25.1 Å². The molecule has 0 saturated heterocycles. The Bertz CT molecular complexity index is 794. The Labute approximate surface area is 220 Å². The first-order chi connectivity index (χ1) is 17.4. The molecule has 0 aliphatic carbocycles. The van der Waals surface area contributed by atoms with Crippen LogP contribution in [0.3, 0.4) is 0 Å². The molecule has 0 aromatic rings. The van der Waals surface area contributed by atoms with Crippen molar-refractivity contribution in [3.63, 3.8) is 0 Å². The van der Waals surface area contributed by atoms with Crippen LogP contribution in [0.5, 0.6) is 0 Å². The van der Waals surface area contributed by atoms with Gasteiger partial charge in [0.1, 0.15) is 18.1 Å². The van der Waals surface area contributed by atoms with Crippen LogP contribution in [0.25, 0.3) is 0 Å². The number of hydrogen-bond donors (Lipinski definition) is 9. The number of aliphatic carboxylic acids is 1. The Morgan fingerprint density at radius 1 is 0.838 bits per heavy atom. The summed E-state index contributed by atoms with van der Waals surface area (Å²) < 4.78 is 0. The lowest BCUT2D eigenvalue weighted by atomic mass is 10.1. The summed E-state index contributed by atoms with van der Waals surface area (Å²) in [6, 6.07) is -4.61. The molecule has 0 saturated carbocycles. The molecule has 0 rings (SSSR count). The second kappa shape index (κ2) is 19.1. The Kier molecular flexibility index (Phi) is 17.5. The molecule has 0 spiro atoms. The highest BCUT2D eigenvalue weighted by molar-refractivity contribution is 7.98.